The Hall–Kier alpha value is -1.82. The highest BCUT2D eigenvalue weighted by atomic mass is 19.1. The zero-order valence-corrected chi connectivity index (χ0v) is 15.9. The molecule has 5 heteroatoms. The summed E-state index contributed by atoms with van der Waals surface area (Å²) in [4.78, 5) is 6.74. The number of aromatic nitrogens is 1. The Labute approximate surface area is 160 Å². The van der Waals surface area contributed by atoms with Crippen LogP contribution in [-0.4, -0.2) is 41.8 Å². The summed E-state index contributed by atoms with van der Waals surface area (Å²) in [5.74, 6) is 0.389. The first-order valence-corrected chi connectivity index (χ1v) is 9.75. The lowest BCUT2D eigenvalue weighted by Gasteiger charge is -2.50. The van der Waals surface area contributed by atoms with Gasteiger partial charge in [0.2, 0.25) is 0 Å². The molecule has 0 radical (unpaired) electrons. The maximum Gasteiger partial charge on any atom is 0.127 e. The third-order valence-electron chi connectivity index (χ3n) is 5.74. The zero-order chi connectivity index (χ0) is 18.7. The molecule has 2 fully saturated rings. The lowest BCUT2D eigenvalue weighted by atomic mass is 9.79. The minimum absolute atomic E-state index is 0.0593. The molecule has 0 amide bonds. The van der Waals surface area contributed by atoms with Gasteiger partial charge in [0.15, 0.2) is 0 Å². The Balaban J connectivity index is 1.23. The molecular weight excluding hydrogens is 343 g/mol. The molecule has 1 atom stereocenters. The van der Waals surface area contributed by atoms with Gasteiger partial charge >= 0.3 is 0 Å². The summed E-state index contributed by atoms with van der Waals surface area (Å²) in [6.45, 7) is 6.50. The molecule has 0 saturated carbocycles. The summed E-state index contributed by atoms with van der Waals surface area (Å²) in [5.41, 5.74) is 2.70. The number of rotatable bonds is 7. The van der Waals surface area contributed by atoms with Gasteiger partial charge in [0, 0.05) is 44.1 Å². The second-order valence-corrected chi connectivity index (χ2v) is 7.75. The van der Waals surface area contributed by atoms with E-state index >= 15 is 0 Å². The fraction of sp³-hybridized carbons (Fsp3) is 0.500. The number of hydrogen-bond acceptors (Lipinski definition) is 4. The Morgan fingerprint density at radius 3 is 2.89 bits per heavy atom. The van der Waals surface area contributed by atoms with E-state index in [1.807, 2.05) is 37.3 Å². The van der Waals surface area contributed by atoms with Crippen LogP contribution in [0.4, 0.5) is 4.39 Å². The fourth-order valence-electron chi connectivity index (χ4n) is 4.31. The zero-order valence-electron chi connectivity index (χ0n) is 15.9. The fourth-order valence-corrected chi connectivity index (χ4v) is 4.31. The van der Waals surface area contributed by atoms with Crippen molar-refractivity contribution in [2.75, 3.05) is 26.3 Å². The van der Waals surface area contributed by atoms with Gasteiger partial charge in [0.05, 0.1) is 17.9 Å². The number of halogens is 1. The minimum atomic E-state index is -0.125. The van der Waals surface area contributed by atoms with Crippen molar-refractivity contribution in [1.29, 1.82) is 0 Å². The van der Waals surface area contributed by atoms with Crippen LogP contribution >= 0.6 is 0 Å². The van der Waals surface area contributed by atoms with Crippen LogP contribution < -0.4 is 0 Å². The molecule has 3 heterocycles. The molecule has 4 rings (SSSR count). The molecule has 2 aliphatic heterocycles. The van der Waals surface area contributed by atoms with Crippen molar-refractivity contribution in [2.45, 2.75) is 38.5 Å². The molecule has 1 aromatic carbocycles. The van der Waals surface area contributed by atoms with Gasteiger partial charge in [-0.3, -0.25) is 9.88 Å². The Kier molecular flexibility index (Phi) is 5.53. The first-order chi connectivity index (χ1) is 13.1. The summed E-state index contributed by atoms with van der Waals surface area (Å²) in [5, 5.41) is 0. The second-order valence-electron chi connectivity index (χ2n) is 7.75. The maximum atomic E-state index is 13.8. The van der Waals surface area contributed by atoms with Crippen LogP contribution in [0.1, 0.15) is 29.8 Å². The van der Waals surface area contributed by atoms with E-state index in [9.17, 15) is 4.39 Å². The van der Waals surface area contributed by atoms with E-state index in [0.717, 1.165) is 56.1 Å². The van der Waals surface area contributed by atoms with Gasteiger partial charge in [-0.05, 0) is 43.9 Å². The average molecular weight is 370 g/mol. The highest BCUT2D eigenvalue weighted by Crippen LogP contribution is 2.42. The lowest BCUT2D eigenvalue weighted by Crippen LogP contribution is -2.64. The van der Waals surface area contributed by atoms with Gasteiger partial charge in [-0.2, -0.15) is 0 Å². The molecule has 1 unspecified atom stereocenters. The average Bonchev–Trinajstić information content (AvgIpc) is 3.04. The molecular formula is C22H27FN2O2. The van der Waals surface area contributed by atoms with Crippen LogP contribution in [0.25, 0.3) is 0 Å². The quantitative estimate of drug-likeness (QED) is 0.696. The molecule has 0 bridgehead atoms. The first kappa shape index (κ1) is 18.5. The predicted molar refractivity (Wildman–Crippen MR) is 102 cm³/mol. The summed E-state index contributed by atoms with van der Waals surface area (Å²) in [6.07, 6.45) is 2.08. The Morgan fingerprint density at radius 1 is 1.22 bits per heavy atom. The molecule has 2 saturated heterocycles. The van der Waals surface area contributed by atoms with E-state index in [-0.39, 0.29) is 11.4 Å². The second kappa shape index (κ2) is 8.05. The van der Waals surface area contributed by atoms with E-state index in [1.165, 1.54) is 6.07 Å². The van der Waals surface area contributed by atoms with Gasteiger partial charge in [-0.25, -0.2) is 4.39 Å². The molecule has 4 nitrogen and oxygen atoms in total. The van der Waals surface area contributed by atoms with E-state index in [1.54, 1.807) is 6.07 Å². The first-order valence-electron chi connectivity index (χ1n) is 9.75. The summed E-state index contributed by atoms with van der Waals surface area (Å²) >= 11 is 0. The number of hydrogen-bond donors (Lipinski definition) is 0. The highest BCUT2D eigenvalue weighted by Gasteiger charge is 2.52. The Bertz CT molecular complexity index is 776. The lowest BCUT2D eigenvalue weighted by molar-refractivity contribution is -0.139. The number of benzene rings is 1. The number of ether oxygens (including phenoxy) is 2. The largest absolute Gasteiger partial charge is 0.375 e. The van der Waals surface area contributed by atoms with E-state index in [0.29, 0.717) is 19.1 Å². The predicted octanol–water partition coefficient (Wildman–Crippen LogP) is 3.73. The molecule has 144 valence electrons. The molecule has 1 aromatic heterocycles. The van der Waals surface area contributed by atoms with Crippen LogP contribution in [0, 0.1) is 18.7 Å². The normalized spacial score (nSPS) is 21.5. The maximum absolute atomic E-state index is 13.8. The van der Waals surface area contributed by atoms with Gasteiger partial charge in [-0.15, -0.1) is 0 Å². The van der Waals surface area contributed by atoms with Crippen molar-refractivity contribution < 1.29 is 13.9 Å². The topological polar surface area (TPSA) is 34.6 Å². The molecule has 2 aromatic rings. The van der Waals surface area contributed by atoms with Crippen LogP contribution in [-0.2, 0) is 22.6 Å². The molecule has 0 N–H and O–H groups in total. The third-order valence-corrected chi connectivity index (χ3v) is 5.74. The molecule has 27 heavy (non-hydrogen) atoms. The summed E-state index contributed by atoms with van der Waals surface area (Å²) in [6, 6.07) is 13.0. The number of aryl methyl sites for hydroxylation is 1. The van der Waals surface area contributed by atoms with E-state index < -0.39 is 0 Å². The van der Waals surface area contributed by atoms with Crippen LogP contribution in [0.15, 0.2) is 42.5 Å². The van der Waals surface area contributed by atoms with Crippen molar-refractivity contribution in [2.24, 2.45) is 5.92 Å². The number of nitrogens with zero attached hydrogens (tertiary/aromatic N) is 2. The van der Waals surface area contributed by atoms with E-state index in [4.69, 9.17) is 9.47 Å². The van der Waals surface area contributed by atoms with Gasteiger partial charge in [0.25, 0.3) is 0 Å². The standard InChI is InChI=1S/C22H27FN2O2/c1-17-5-4-7-20(24-17)14-26-11-9-19-10-12-27-22(19)15-25(16-22)13-18-6-2-3-8-21(18)23/h2-8,19H,9-16H2,1H3. The highest BCUT2D eigenvalue weighted by molar-refractivity contribution is 5.18. The van der Waals surface area contributed by atoms with Gasteiger partial charge < -0.3 is 9.47 Å². The SMILES string of the molecule is Cc1cccc(COCCC2CCOC23CN(Cc2ccccc2F)C3)n1. The van der Waals surface area contributed by atoms with Crippen LogP contribution in [0.3, 0.4) is 0 Å². The smallest absolute Gasteiger partial charge is 0.127 e. The van der Waals surface area contributed by atoms with Crippen molar-refractivity contribution in [3.8, 4) is 0 Å². The molecule has 2 aliphatic rings. The third kappa shape index (κ3) is 4.21. The number of pyridine rings is 1. The van der Waals surface area contributed by atoms with Crippen molar-refractivity contribution in [1.82, 2.24) is 9.88 Å². The van der Waals surface area contributed by atoms with Crippen LogP contribution in [0.2, 0.25) is 0 Å². The van der Waals surface area contributed by atoms with Crippen LogP contribution in [0.5, 0.6) is 0 Å². The van der Waals surface area contributed by atoms with Gasteiger partial charge in [-0.1, -0.05) is 24.3 Å². The molecule has 1 spiro atoms. The van der Waals surface area contributed by atoms with E-state index in [2.05, 4.69) is 9.88 Å². The summed E-state index contributed by atoms with van der Waals surface area (Å²) in [7, 11) is 0. The van der Waals surface area contributed by atoms with Crippen molar-refractivity contribution in [3.05, 3.63) is 65.2 Å². The molecule has 0 aliphatic carbocycles. The Morgan fingerprint density at radius 2 is 2.07 bits per heavy atom. The van der Waals surface area contributed by atoms with Crippen molar-refractivity contribution in [3.63, 3.8) is 0 Å². The number of likely N-dealkylation sites (tertiary alicyclic amines) is 1. The van der Waals surface area contributed by atoms with Gasteiger partial charge in [0.1, 0.15) is 5.82 Å². The minimum Gasteiger partial charge on any atom is -0.375 e. The monoisotopic (exact) mass is 370 g/mol. The van der Waals surface area contributed by atoms with Crippen molar-refractivity contribution >= 4 is 0 Å². The summed E-state index contributed by atoms with van der Waals surface area (Å²) < 4.78 is 25.8.